The van der Waals surface area contributed by atoms with E-state index in [9.17, 15) is 18.8 Å². The lowest BCUT2D eigenvalue weighted by molar-refractivity contribution is -0.128. The van der Waals surface area contributed by atoms with Gasteiger partial charge in [-0.2, -0.15) is 0 Å². The van der Waals surface area contributed by atoms with Gasteiger partial charge in [0.25, 0.3) is 0 Å². The molecule has 1 atom stereocenters. The Morgan fingerprint density at radius 1 is 1.18 bits per heavy atom. The number of para-hydroxylation sites is 1. The third-order valence-electron chi connectivity index (χ3n) is 4.76. The van der Waals surface area contributed by atoms with Gasteiger partial charge < -0.3 is 15.0 Å². The molecule has 1 N–H and O–H groups in total. The molecule has 0 aliphatic carbocycles. The van der Waals surface area contributed by atoms with Crippen LogP contribution in [0.5, 0.6) is 0 Å². The van der Waals surface area contributed by atoms with Gasteiger partial charge in [0.15, 0.2) is 0 Å². The number of benzene rings is 2. The molecule has 0 aromatic heterocycles. The minimum Gasteiger partial charge on any atom is -0.465 e. The van der Waals surface area contributed by atoms with Crippen LogP contribution in [0.1, 0.15) is 22.3 Å². The highest BCUT2D eigenvalue weighted by molar-refractivity contribution is 6.03. The molecule has 1 aliphatic rings. The summed E-state index contributed by atoms with van der Waals surface area (Å²) in [7, 11) is 1.27. The Kier molecular flexibility index (Phi) is 6.03. The van der Waals surface area contributed by atoms with Crippen LogP contribution in [0.25, 0.3) is 0 Å². The maximum absolute atomic E-state index is 13.0. The number of likely N-dealkylation sites (tertiary alicyclic amines) is 1. The van der Waals surface area contributed by atoms with Gasteiger partial charge in [0.1, 0.15) is 5.82 Å². The first-order valence-corrected chi connectivity index (χ1v) is 8.98. The minimum absolute atomic E-state index is 0.0940. The van der Waals surface area contributed by atoms with Crippen LogP contribution >= 0.6 is 0 Å². The highest BCUT2D eigenvalue weighted by atomic mass is 19.1. The fourth-order valence-electron chi connectivity index (χ4n) is 3.19. The number of ether oxygens (including phenoxy) is 1. The van der Waals surface area contributed by atoms with Crippen molar-refractivity contribution in [2.75, 3.05) is 25.5 Å². The molecule has 0 radical (unpaired) electrons. The average Bonchev–Trinajstić information content (AvgIpc) is 3.08. The van der Waals surface area contributed by atoms with Crippen LogP contribution in [0.3, 0.4) is 0 Å². The van der Waals surface area contributed by atoms with E-state index in [1.807, 2.05) is 0 Å². The molecule has 2 amide bonds. The molecule has 0 saturated carbocycles. The highest BCUT2D eigenvalue weighted by Gasteiger charge is 2.34. The number of nitrogens with one attached hydrogen (secondary N) is 1. The number of carbonyl (C=O) groups is 3. The van der Waals surface area contributed by atoms with E-state index < -0.39 is 11.9 Å². The van der Waals surface area contributed by atoms with E-state index in [0.29, 0.717) is 25.2 Å². The Morgan fingerprint density at radius 2 is 1.89 bits per heavy atom. The summed E-state index contributed by atoms with van der Waals surface area (Å²) in [5, 5.41) is 2.73. The summed E-state index contributed by atoms with van der Waals surface area (Å²) in [6.07, 6.45) is 0.709. The Morgan fingerprint density at radius 3 is 2.61 bits per heavy atom. The first-order valence-electron chi connectivity index (χ1n) is 8.98. The van der Waals surface area contributed by atoms with Crippen molar-refractivity contribution in [2.24, 2.45) is 5.92 Å². The fraction of sp³-hybridized carbons (Fsp3) is 0.286. The summed E-state index contributed by atoms with van der Waals surface area (Å²) < 4.78 is 17.7. The van der Waals surface area contributed by atoms with Crippen molar-refractivity contribution in [2.45, 2.75) is 12.8 Å². The van der Waals surface area contributed by atoms with Crippen LogP contribution in [0.15, 0.2) is 48.5 Å². The largest absolute Gasteiger partial charge is 0.465 e. The molecule has 0 bridgehead atoms. The van der Waals surface area contributed by atoms with E-state index in [4.69, 9.17) is 4.74 Å². The Hall–Kier alpha value is -3.22. The number of nitrogens with zero attached hydrogens (tertiary/aromatic N) is 1. The number of rotatable bonds is 6. The highest BCUT2D eigenvalue weighted by Crippen LogP contribution is 2.22. The maximum Gasteiger partial charge on any atom is 0.339 e. The van der Waals surface area contributed by atoms with Crippen LogP contribution in [0.2, 0.25) is 0 Å². The summed E-state index contributed by atoms with van der Waals surface area (Å²) in [4.78, 5) is 38.3. The second-order valence-corrected chi connectivity index (χ2v) is 6.64. The molecular formula is C21H21FN2O4. The van der Waals surface area contributed by atoms with Gasteiger partial charge in [0, 0.05) is 19.5 Å². The van der Waals surface area contributed by atoms with E-state index in [-0.39, 0.29) is 29.6 Å². The fourth-order valence-corrected chi connectivity index (χ4v) is 3.19. The molecule has 28 heavy (non-hydrogen) atoms. The van der Waals surface area contributed by atoms with Crippen LogP contribution in [-0.4, -0.2) is 42.9 Å². The van der Waals surface area contributed by atoms with Crippen LogP contribution in [0.4, 0.5) is 10.1 Å². The molecule has 1 aliphatic heterocycles. The first-order chi connectivity index (χ1) is 13.5. The summed E-state index contributed by atoms with van der Waals surface area (Å²) in [6.45, 7) is 0.777. The predicted molar refractivity (Wildman–Crippen MR) is 101 cm³/mol. The van der Waals surface area contributed by atoms with Crippen LogP contribution in [-0.2, 0) is 20.7 Å². The van der Waals surface area contributed by atoms with E-state index in [1.54, 1.807) is 41.3 Å². The zero-order chi connectivity index (χ0) is 20.1. The van der Waals surface area contributed by atoms with Gasteiger partial charge in [-0.25, -0.2) is 9.18 Å². The normalized spacial score (nSPS) is 16.1. The number of carbonyl (C=O) groups excluding carboxylic acids is 3. The van der Waals surface area contributed by atoms with Gasteiger partial charge in [-0.05, 0) is 36.2 Å². The van der Waals surface area contributed by atoms with Crippen molar-refractivity contribution in [3.05, 3.63) is 65.5 Å². The monoisotopic (exact) mass is 384 g/mol. The van der Waals surface area contributed by atoms with Crippen molar-refractivity contribution in [3.63, 3.8) is 0 Å². The summed E-state index contributed by atoms with van der Waals surface area (Å²) in [5.41, 5.74) is 1.54. The van der Waals surface area contributed by atoms with E-state index in [2.05, 4.69) is 5.32 Å². The van der Waals surface area contributed by atoms with Gasteiger partial charge in [0.2, 0.25) is 11.8 Å². The van der Waals surface area contributed by atoms with E-state index in [1.165, 1.54) is 19.2 Å². The van der Waals surface area contributed by atoms with Gasteiger partial charge in [-0.1, -0.05) is 24.3 Å². The Labute approximate surface area is 162 Å². The minimum atomic E-state index is -0.542. The number of halogens is 1. The quantitative estimate of drug-likeness (QED) is 0.777. The Balaban J connectivity index is 1.59. The second kappa shape index (κ2) is 8.65. The molecule has 2 aromatic rings. The zero-order valence-electron chi connectivity index (χ0n) is 15.5. The molecule has 0 unspecified atom stereocenters. The number of esters is 1. The summed E-state index contributed by atoms with van der Waals surface area (Å²) in [5.74, 6) is -1.74. The standard InChI is InChI=1S/C21H21FN2O4/c1-28-21(27)17-4-2-3-5-18(17)23-20(26)15-12-19(25)24(13-15)11-10-14-6-8-16(22)9-7-14/h2-9,15H,10-13H2,1H3,(H,23,26)/t15-/m0/s1. The van der Waals surface area contributed by atoms with Gasteiger partial charge in [-0.3, -0.25) is 9.59 Å². The summed E-state index contributed by atoms with van der Waals surface area (Å²) >= 11 is 0. The van der Waals surface area contributed by atoms with Crippen LogP contribution in [0, 0.1) is 11.7 Å². The third-order valence-corrected chi connectivity index (χ3v) is 4.76. The molecular weight excluding hydrogens is 363 g/mol. The zero-order valence-corrected chi connectivity index (χ0v) is 15.5. The number of amides is 2. The topological polar surface area (TPSA) is 75.7 Å². The van der Waals surface area contributed by atoms with E-state index in [0.717, 1.165) is 5.56 Å². The first kappa shape index (κ1) is 19.5. The van der Waals surface area contributed by atoms with Crippen molar-refractivity contribution < 1.29 is 23.5 Å². The summed E-state index contributed by atoms with van der Waals surface area (Å²) in [6, 6.07) is 12.7. The number of methoxy groups -OCH3 is 1. The number of hydrogen-bond donors (Lipinski definition) is 1. The van der Waals surface area contributed by atoms with Crippen molar-refractivity contribution >= 4 is 23.5 Å². The lowest BCUT2D eigenvalue weighted by Gasteiger charge is -2.17. The van der Waals surface area contributed by atoms with Crippen molar-refractivity contribution in [3.8, 4) is 0 Å². The maximum atomic E-state index is 13.0. The predicted octanol–water partition coefficient (Wildman–Crippen LogP) is 2.64. The lowest BCUT2D eigenvalue weighted by atomic mass is 10.1. The van der Waals surface area contributed by atoms with Crippen molar-refractivity contribution in [1.29, 1.82) is 0 Å². The van der Waals surface area contributed by atoms with E-state index >= 15 is 0 Å². The SMILES string of the molecule is COC(=O)c1ccccc1NC(=O)[C@H]1CC(=O)N(CCc2ccc(F)cc2)C1. The Bertz CT molecular complexity index is 882. The smallest absolute Gasteiger partial charge is 0.339 e. The van der Waals surface area contributed by atoms with Gasteiger partial charge in [0.05, 0.1) is 24.3 Å². The lowest BCUT2D eigenvalue weighted by Crippen LogP contribution is -2.30. The number of anilines is 1. The third kappa shape index (κ3) is 4.54. The second-order valence-electron chi connectivity index (χ2n) is 6.64. The van der Waals surface area contributed by atoms with Crippen LogP contribution < -0.4 is 5.32 Å². The molecule has 0 spiro atoms. The molecule has 1 heterocycles. The molecule has 1 fully saturated rings. The van der Waals surface area contributed by atoms with Crippen molar-refractivity contribution in [1.82, 2.24) is 4.90 Å². The molecule has 1 saturated heterocycles. The van der Waals surface area contributed by atoms with Gasteiger partial charge >= 0.3 is 5.97 Å². The molecule has 6 nitrogen and oxygen atoms in total. The molecule has 2 aromatic carbocycles. The average molecular weight is 384 g/mol. The molecule has 146 valence electrons. The van der Waals surface area contributed by atoms with Gasteiger partial charge in [-0.15, -0.1) is 0 Å². The molecule has 3 rings (SSSR count). The molecule has 7 heteroatoms. The number of hydrogen-bond acceptors (Lipinski definition) is 4.